The lowest BCUT2D eigenvalue weighted by Gasteiger charge is -2.03. The van der Waals surface area contributed by atoms with E-state index in [4.69, 9.17) is 5.73 Å². The fraction of sp³-hybridized carbons (Fsp3) is 0.222. The quantitative estimate of drug-likeness (QED) is 0.597. The average molecular weight is 234 g/mol. The topological polar surface area (TPSA) is 113 Å². The molecule has 0 fully saturated rings. The van der Waals surface area contributed by atoms with Gasteiger partial charge in [0.25, 0.3) is 5.69 Å². The number of benzene rings is 1. The first-order valence-electron chi connectivity index (χ1n) is 4.94. The molecule has 1 heterocycles. The number of nitro groups is 1. The van der Waals surface area contributed by atoms with Gasteiger partial charge in [0.15, 0.2) is 5.82 Å². The fourth-order valence-electron chi connectivity index (χ4n) is 1.49. The van der Waals surface area contributed by atoms with Gasteiger partial charge < -0.3 is 5.73 Å². The molecule has 1 aromatic carbocycles. The van der Waals surface area contributed by atoms with Crippen LogP contribution in [0.2, 0.25) is 0 Å². The second-order valence-electron chi connectivity index (χ2n) is 3.29. The highest BCUT2D eigenvalue weighted by Crippen LogP contribution is 2.26. The largest absolute Gasteiger partial charge is 0.329 e. The molecule has 2 rings (SSSR count). The van der Waals surface area contributed by atoms with Gasteiger partial charge >= 0.3 is 0 Å². The van der Waals surface area contributed by atoms with Crippen molar-refractivity contribution in [2.24, 2.45) is 5.73 Å². The molecule has 8 heteroatoms. The van der Waals surface area contributed by atoms with Crippen LogP contribution in [0.4, 0.5) is 5.69 Å². The van der Waals surface area contributed by atoms with E-state index in [1.807, 2.05) is 0 Å². The summed E-state index contributed by atoms with van der Waals surface area (Å²) in [5, 5.41) is 21.9. The van der Waals surface area contributed by atoms with E-state index in [0.29, 0.717) is 24.5 Å². The first-order valence-corrected chi connectivity index (χ1v) is 4.94. The van der Waals surface area contributed by atoms with Gasteiger partial charge in [-0.05, 0) is 16.5 Å². The van der Waals surface area contributed by atoms with Gasteiger partial charge in [-0.25, -0.2) is 4.68 Å². The molecule has 0 bridgehead atoms. The Morgan fingerprint density at radius 2 is 2.18 bits per heavy atom. The number of para-hydroxylation sites is 1. The number of rotatable bonds is 4. The van der Waals surface area contributed by atoms with Crippen molar-refractivity contribution in [1.29, 1.82) is 0 Å². The fourth-order valence-corrected chi connectivity index (χ4v) is 1.49. The first kappa shape index (κ1) is 11.1. The molecule has 0 radical (unpaired) electrons. The summed E-state index contributed by atoms with van der Waals surface area (Å²) in [4.78, 5) is 10.4. The van der Waals surface area contributed by atoms with Crippen molar-refractivity contribution in [3.63, 3.8) is 0 Å². The van der Waals surface area contributed by atoms with Crippen LogP contribution in [0.3, 0.4) is 0 Å². The Bertz CT molecular complexity index is 538. The van der Waals surface area contributed by atoms with Gasteiger partial charge in [-0.2, -0.15) is 0 Å². The molecule has 0 aliphatic heterocycles. The van der Waals surface area contributed by atoms with E-state index in [1.165, 1.54) is 10.7 Å². The van der Waals surface area contributed by atoms with Crippen molar-refractivity contribution in [2.45, 2.75) is 6.54 Å². The molecule has 0 spiro atoms. The van der Waals surface area contributed by atoms with E-state index >= 15 is 0 Å². The highest BCUT2D eigenvalue weighted by atomic mass is 16.6. The molecule has 0 atom stereocenters. The van der Waals surface area contributed by atoms with Crippen LogP contribution in [0.5, 0.6) is 0 Å². The maximum absolute atomic E-state index is 10.9. The van der Waals surface area contributed by atoms with Crippen LogP contribution in [0, 0.1) is 10.1 Å². The van der Waals surface area contributed by atoms with Crippen molar-refractivity contribution in [3.8, 4) is 11.4 Å². The van der Waals surface area contributed by atoms with Crippen LogP contribution in [-0.2, 0) is 6.54 Å². The third kappa shape index (κ3) is 2.11. The highest BCUT2D eigenvalue weighted by molar-refractivity contribution is 5.67. The molecule has 0 unspecified atom stereocenters. The monoisotopic (exact) mass is 234 g/mol. The van der Waals surface area contributed by atoms with Crippen molar-refractivity contribution in [2.75, 3.05) is 6.54 Å². The van der Waals surface area contributed by atoms with E-state index in [-0.39, 0.29) is 5.69 Å². The van der Waals surface area contributed by atoms with Gasteiger partial charge in [0.2, 0.25) is 0 Å². The molecule has 2 aromatic rings. The van der Waals surface area contributed by atoms with Crippen LogP contribution >= 0.6 is 0 Å². The second-order valence-corrected chi connectivity index (χ2v) is 3.29. The molecule has 88 valence electrons. The van der Waals surface area contributed by atoms with Crippen molar-refractivity contribution in [1.82, 2.24) is 20.2 Å². The Hall–Kier alpha value is -2.35. The lowest BCUT2D eigenvalue weighted by molar-refractivity contribution is -0.384. The normalized spacial score (nSPS) is 10.4. The summed E-state index contributed by atoms with van der Waals surface area (Å²) in [5.74, 6) is 0.350. The smallest absolute Gasteiger partial charge is 0.280 e. The Morgan fingerprint density at radius 1 is 1.41 bits per heavy atom. The van der Waals surface area contributed by atoms with Crippen molar-refractivity contribution < 1.29 is 4.92 Å². The number of tetrazole rings is 1. The molecular formula is C9H10N6O2. The third-order valence-corrected chi connectivity index (χ3v) is 2.21. The summed E-state index contributed by atoms with van der Waals surface area (Å²) in [6, 6.07) is 6.32. The molecule has 0 saturated carbocycles. The Morgan fingerprint density at radius 3 is 2.88 bits per heavy atom. The molecule has 0 amide bonds. The van der Waals surface area contributed by atoms with Crippen molar-refractivity contribution >= 4 is 5.69 Å². The van der Waals surface area contributed by atoms with Gasteiger partial charge in [-0.15, -0.1) is 5.10 Å². The number of aromatic nitrogens is 4. The minimum absolute atomic E-state index is 0.0272. The Kier molecular flexibility index (Phi) is 3.06. The molecule has 8 nitrogen and oxygen atoms in total. The number of nitrogens with zero attached hydrogens (tertiary/aromatic N) is 5. The zero-order chi connectivity index (χ0) is 12.3. The highest BCUT2D eigenvalue weighted by Gasteiger charge is 2.19. The average Bonchev–Trinajstić information content (AvgIpc) is 2.77. The molecular weight excluding hydrogens is 224 g/mol. The molecule has 17 heavy (non-hydrogen) atoms. The van der Waals surface area contributed by atoms with Crippen LogP contribution < -0.4 is 5.73 Å². The van der Waals surface area contributed by atoms with Crippen LogP contribution in [0.25, 0.3) is 11.4 Å². The number of nitrogens with two attached hydrogens (primary N) is 1. The summed E-state index contributed by atoms with van der Waals surface area (Å²) in [6.45, 7) is 0.771. The van der Waals surface area contributed by atoms with Crippen LogP contribution in [-0.4, -0.2) is 31.7 Å². The lowest BCUT2D eigenvalue weighted by atomic mass is 10.1. The number of hydrogen-bond acceptors (Lipinski definition) is 6. The van der Waals surface area contributed by atoms with E-state index < -0.39 is 4.92 Å². The minimum Gasteiger partial charge on any atom is -0.329 e. The zero-order valence-electron chi connectivity index (χ0n) is 8.85. The van der Waals surface area contributed by atoms with E-state index in [0.717, 1.165) is 0 Å². The van der Waals surface area contributed by atoms with Gasteiger partial charge in [0, 0.05) is 12.6 Å². The maximum atomic E-state index is 10.9. The summed E-state index contributed by atoms with van der Waals surface area (Å²) in [5.41, 5.74) is 5.77. The first-order chi connectivity index (χ1) is 8.24. The third-order valence-electron chi connectivity index (χ3n) is 2.21. The molecule has 0 aliphatic carbocycles. The van der Waals surface area contributed by atoms with Gasteiger partial charge in [-0.3, -0.25) is 10.1 Å². The summed E-state index contributed by atoms with van der Waals surface area (Å²) in [7, 11) is 0. The van der Waals surface area contributed by atoms with E-state index in [9.17, 15) is 10.1 Å². The van der Waals surface area contributed by atoms with Gasteiger partial charge in [0.05, 0.1) is 17.0 Å². The molecule has 0 aliphatic rings. The maximum Gasteiger partial charge on any atom is 0.280 e. The lowest BCUT2D eigenvalue weighted by Crippen LogP contribution is -2.12. The predicted molar refractivity (Wildman–Crippen MR) is 59.0 cm³/mol. The van der Waals surface area contributed by atoms with E-state index in [2.05, 4.69) is 15.5 Å². The second kappa shape index (κ2) is 4.66. The minimum atomic E-state index is -0.462. The number of hydrogen-bond donors (Lipinski definition) is 1. The SMILES string of the molecule is NCCn1nnnc1-c1ccccc1[N+](=O)[O-]. The summed E-state index contributed by atoms with van der Waals surface area (Å²) < 4.78 is 1.45. The molecule has 1 aromatic heterocycles. The number of nitro benzene ring substituents is 1. The standard InChI is InChI=1S/C9H10N6O2/c10-5-6-14-9(11-12-13-14)7-3-1-2-4-8(7)15(16)17/h1-4H,5-6,10H2. The zero-order valence-corrected chi connectivity index (χ0v) is 8.85. The van der Waals surface area contributed by atoms with Gasteiger partial charge in [-0.1, -0.05) is 12.1 Å². The van der Waals surface area contributed by atoms with Crippen molar-refractivity contribution in [3.05, 3.63) is 34.4 Å². The van der Waals surface area contributed by atoms with Crippen LogP contribution in [0.15, 0.2) is 24.3 Å². The Labute approximate surface area is 96.2 Å². The molecule has 0 saturated heterocycles. The predicted octanol–water partition coefficient (Wildman–Crippen LogP) is 0.207. The Balaban J connectivity index is 2.52. The van der Waals surface area contributed by atoms with E-state index in [1.54, 1.807) is 18.2 Å². The van der Waals surface area contributed by atoms with Gasteiger partial charge in [0.1, 0.15) is 0 Å². The summed E-state index contributed by atoms with van der Waals surface area (Å²) >= 11 is 0. The summed E-state index contributed by atoms with van der Waals surface area (Å²) in [6.07, 6.45) is 0. The molecule has 2 N–H and O–H groups in total. The van der Waals surface area contributed by atoms with Crippen LogP contribution in [0.1, 0.15) is 0 Å².